The predicted octanol–water partition coefficient (Wildman–Crippen LogP) is -0.459. The Morgan fingerprint density at radius 3 is 2.92 bits per heavy atom. The molecule has 4 nitrogen and oxygen atoms in total. The lowest BCUT2D eigenvalue weighted by Gasteiger charge is -2.20. The maximum atomic E-state index is 11.2. The normalized spacial score (nSPS) is 15.6. The van der Waals surface area contributed by atoms with Crippen LogP contribution in [-0.2, 0) is 5.54 Å². The van der Waals surface area contributed by atoms with Crippen LogP contribution in [0.15, 0.2) is 23.1 Å². The van der Waals surface area contributed by atoms with Gasteiger partial charge in [-0.2, -0.15) is 0 Å². The van der Waals surface area contributed by atoms with Gasteiger partial charge >= 0.3 is 0 Å². The number of pyridine rings is 1. The molecule has 12 heavy (non-hydrogen) atoms. The average Bonchev–Trinajstić information content (AvgIpc) is 2.05. The number of hydrogen-bond acceptors (Lipinski definition) is 3. The van der Waals surface area contributed by atoms with Gasteiger partial charge in [-0.25, -0.2) is 0 Å². The number of H-pyrrole nitrogens is 1. The Morgan fingerprint density at radius 1 is 1.75 bits per heavy atom. The van der Waals surface area contributed by atoms with Crippen LogP contribution < -0.4 is 11.3 Å². The fourth-order valence-corrected chi connectivity index (χ4v) is 0.956. The topological polar surface area (TPSA) is 79.1 Å². The van der Waals surface area contributed by atoms with E-state index in [2.05, 4.69) is 4.98 Å². The van der Waals surface area contributed by atoms with Crippen LogP contribution in [0.5, 0.6) is 0 Å². The van der Waals surface area contributed by atoms with E-state index in [-0.39, 0.29) is 12.2 Å². The summed E-state index contributed by atoms with van der Waals surface area (Å²) in [5, 5.41) is 8.89. The summed E-state index contributed by atoms with van der Waals surface area (Å²) in [7, 11) is 0. The molecule has 1 aromatic heterocycles. The molecule has 0 saturated carbocycles. The Bertz CT molecular complexity index is 317. The van der Waals surface area contributed by atoms with Gasteiger partial charge in [0.1, 0.15) is 0 Å². The lowest BCUT2D eigenvalue weighted by Crippen LogP contribution is -2.41. The number of rotatable bonds is 2. The van der Waals surface area contributed by atoms with Crippen molar-refractivity contribution in [1.82, 2.24) is 4.98 Å². The largest absolute Gasteiger partial charge is 0.394 e. The highest BCUT2D eigenvalue weighted by atomic mass is 16.3. The number of aliphatic hydroxyl groups excluding tert-OH is 1. The van der Waals surface area contributed by atoms with Gasteiger partial charge in [0.05, 0.1) is 12.1 Å². The summed E-state index contributed by atoms with van der Waals surface area (Å²) in [4.78, 5) is 13.7. The van der Waals surface area contributed by atoms with Crippen LogP contribution in [0.2, 0.25) is 0 Å². The van der Waals surface area contributed by atoms with Gasteiger partial charge < -0.3 is 15.8 Å². The van der Waals surface area contributed by atoms with Gasteiger partial charge in [-0.1, -0.05) is 6.07 Å². The molecule has 0 saturated heterocycles. The number of nitrogens with one attached hydrogen (secondary N) is 1. The van der Waals surface area contributed by atoms with E-state index in [1.54, 1.807) is 19.1 Å². The maximum absolute atomic E-state index is 11.2. The molecule has 0 bridgehead atoms. The molecule has 1 heterocycles. The Labute approximate surface area is 70.0 Å². The van der Waals surface area contributed by atoms with E-state index in [0.29, 0.717) is 5.56 Å². The Balaban J connectivity index is 3.20. The van der Waals surface area contributed by atoms with Gasteiger partial charge in [0.15, 0.2) is 0 Å². The zero-order valence-electron chi connectivity index (χ0n) is 6.87. The highest BCUT2D eigenvalue weighted by molar-refractivity contribution is 5.18. The van der Waals surface area contributed by atoms with Crippen molar-refractivity contribution in [3.63, 3.8) is 0 Å². The predicted molar refractivity (Wildman–Crippen MR) is 45.7 cm³/mol. The van der Waals surface area contributed by atoms with Crippen LogP contribution >= 0.6 is 0 Å². The Kier molecular flexibility index (Phi) is 2.30. The monoisotopic (exact) mass is 168 g/mol. The van der Waals surface area contributed by atoms with Gasteiger partial charge in [0.25, 0.3) is 5.56 Å². The van der Waals surface area contributed by atoms with Crippen LogP contribution in [0.4, 0.5) is 0 Å². The molecule has 0 aromatic carbocycles. The summed E-state index contributed by atoms with van der Waals surface area (Å²) in [5.41, 5.74) is 4.85. The highest BCUT2D eigenvalue weighted by Crippen LogP contribution is 2.10. The van der Waals surface area contributed by atoms with Crippen LogP contribution in [-0.4, -0.2) is 16.7 Å². The molecule has 4 heteroatoms. The van der Waals surface area contributed by atoms with E-state index < -0.39 is 5.54 Å². The van der Waals surface area contributed by atoms with E-state index >= 15 is 0 Å². The molecule has 4 N–H and O–H groups in total. The lowest BCUT2D eigenvalue weighted by atomic mass is 9.96. The van der Waals surface area contributed by atoms with Crippen molar-refractivity contribution in [2.75, 3.05) is 6.61 Å². The Hall–Kier alpha value is -1.13. The average molecular weight is 168 g/mol. The molecule has 0 amide bonds. The van der Waals surface area contributed by atoms with Crippen molar-refractivity contribution in [3.05, 3.63) is 34.2 Å². The fraction of sp³-hybridized carbons (Fsp3) is 0.375. The van der Waals surface area contributed by atoms with E-state index in [9.17, 15) is 4.79 Å². The fourth-order valence-electron chi connectivity index (χ4n) is 0.956. The number of nitrogens with two attached hydrogens (primary N) is 1. The highest BCUT2D eigenvalue weighted by Gasteiger charge is 2.22. The third-order valence-corrected chi connectivity index (χ3v) is 1.76. The first-order chi connectivity index (χ1) is 5.58. The number of hydrogen-bond donors (Lipinski definition) is 3. The van der Waals surface area contributed by atoms with Crippen molar-refractivity contribution in [1.29, 1.82) is 0 Å². The van der Waals surface area contributed by atoms with E-state index in [0.717, 1.165) is 0 Å². The first-order valence-corrected chi connectivity index (χ1v) is 3.66. The second kappa shape index (κ2) is 3.08. The van der Waals surface area contributed by atoms with E-state index in [1.165, 1.54) is 6.20 Å². The molecule has 66 valence electrons. The van der Waals surface area contributed by atoms with Crippen molar-refractivity contribution >= 4 is 0 Å². The van der Waals surface area contributed by atoms with Gasteiger partial charge in [0, 0.05) is 11.8 Å². The first kappa shape index (κ1) is 8.96. The number of aromatic nitrogens is 1. The molecule has 0 aliphatic carbocycles. The summed E-state index contributed by atoms with van der Waals surface area (Å²) in [6.45, 7) is 1.36. The molecule has 1 aromatic rings. The van der Waals surface area contributed by atoms with Gasteiger partial charge in [-0.3, -0.25) is 4.79 Å². The molecular weight excluding hydrogens is 156 g/mol. The van der Waals surface area contributed by atoms with Crippen LogP contribution in [0.25, 0.3) is 0 Å². The van der Waals surface area contributed by atoms with Crippen LogP contribution in [0, 0.1) is 0 Å². The molecule has 1 atom stereocenters. The summed E-state index contributed by atoms with van der Waals surface area (Å²) >= 11 is 0. The van der Waals surface area contributed by atoms with Crippen LogP contribution in [0.3, 0.4) is 0 Å². The zero-order chi connectivity index (χ0) is 9.19. The third kappa shape index (κ3) is 1.54. The molecule has 0 aliphatic rings. The standard InChI is InChI=1S/C8H12N2O2/c1-8(9,5-11)6-3-2-4-10-7(6)12/h2-4,11H,5,9H2,1H3,(H,10,12). The molecule has 1 rings (SSSR count). The molecule has 0 radical (unpaired) electrons. The van der Waals surface area contributed by atoms with Crippen molar-refractivity contribution in [3.8, 4) is 0 Å². The summed E-state index contributed by atoms with van der Waals surface area (Å²) in [6, 6.07) is 3.28. The van der Waals surface area contributed by atoms with E-state index in [4.69, 9.17) is 10.8 Å². The second-order valence-electron chi connectivity index (χ2n) is 2.99. The minimum absolute atomic E-state index is 0.250. The van der Waals surface area contributed by atoms with E-state index in [1.807, 2.05) is 0 Å². The SMILES string of the molecule is CC(N)(CO)c1ccc[nH]c1=O. The third-order valence-electron chi connectivity index (χ3n) is 1.76. The molecule has 0 aliphatic heterocycles. The van der Waals surface area contributed by atoms with Crippen molar-refractivity contribution in [2.24, 2.45) is 5.73 Å². The quantitative estimate of drug-likeness (QED) is 0.559. The first-order valence-electron chi connectivity index (χ1n) is 3.66. The van der Waals surface area contributed by atoms with Gasteiger partial charge in [-0.05, 0) is 13.0 Å². The smallest absolute Gasteiger partial charge is 0.253 e. The molecule has 0 spiro atoms. The summed E-state index contributed by atoms with van der Waals surface area (Å²) < 4.78 is 0. The minimum atomic E-state index is -0.963. The summed E-state index contributed by atoms with van der Waals surface area (Å²) in [6.07, 6.45) is 1.53. The lowest BCUT2D eigenvalue weighted by molar-refractivity contribution is 0.209. The molecule has 1 unspecified atom stereocenters. The number of aliphatic hydroxyl groups is 1. The summed E-state index contributed by atoms with van der Waals surface area (Å²) in [5.74, 6) is 0. The maximum Gasteiger partial charge on any atom is 0.253 e. The second-order valence-corrected chi connectivity index (χ2v) is 2.99. The number of aromatic amines is 1. The minimum Gasteiger partial charge on any atom is -0.394 e. The van der Waals surface area contributed by atoms with Gasteiger partial charge in [-0.15, -0.1) is 0 Å². The van der Waals surface area contributed by atoms with Gasteiger partial charge in [0.2, 0.25) is 0 Å². The van der Waals surface area contributed by atoms with Crippen molar-refractivity contribution < 1.29 is 5.11 Å². The molecular formula is C8H12N2O2. The zero-order valence-corrected chi connectivity index (χ0v) is 6.87. The van der Waals surface area contributed by atoms with Crippen molar-refractivity contribution in [2.45, 2.75) is 12.5 Å². The molecule has 0 fully saturated rings. The Morgan fingerprint density at radius 2 is 2.42 bits per heavy atom. The van der Waals surface area contributed by atoms with Crippen LogP contribution in [0.1, 0.15) is 12.5 Å².